The highest BCUT2D eigenvalue weighted by molar-refractivity contribution is 7.80. The summed E-state index contributed by atoms with van der Waals surface area (Å²) in [5.74, 6) is 1.14. The first-order chi connectivity index (χ1) is 18.3. The Labute approximate surface area is 225 Å². The first kappa shape index (κ1) is 25.2. The molecule has 9 nitrogen and oxygen atoms in total. The number of aryl methyl sites for hydroxylation is 1. The number of rotatable bonds is 7. The number of hydrogen-bond acceptors (Lipinski definition) is 6. The van der Waals surface area contributed by atoms with Gasteiger partial charge in [-0.15, -0.1) is 0 Å². The first-order valence-electron chi connectivity index (χ1n) is 12.0. The number of nitro groups is 1. The number of anilines is 1. The van der Waals surface area contributed by atoms with E-state index in [-0.39, 0.29) is 22.7 Å². The van der Waals surface area contributed by atoms with Gasteiger partial charge >= 0.3 is 0 Å². The molecule has 10 heteroatoms. The Kier molecular flexibility index (Phi) is 6.73. The van der Waals surface area contributed by atoms with E-state index in [2.05, 4.69) is 21.3 Å². The van der Waals surface area contributed by atoms with Crippen LogP contribution in [-0.2, 0) is 0 Å². The topological polar surface area (TPSA) is 94.7 Å². The summed E-state index contributed by atoms with van der Waals surface area (Å²) in [4.78, 5) is 18.3. The van der Waals surface area contributed by atoms with Crippen molar-refractivity contribution in [2.45, 2.75) is 25.9 Å². The molecule has 2 atom stereocenters. The lowest BCUT2D eigenvalue weighted by Gasteiger charge is -2.28. The third kappa shape index (κ3) is 4.32. The van der Waals surface area contributed by atoms with Gasteiger partial charge in [0.2, 0.25) is 0 Å². The molecular weight excluding hydrogens is 502 g/mol. The summed E-state index contributed by atoms with van der Waals surface area (Å²) in [5.41, 5.74) is 4.82. The molecule has 1 aliphatic heterocycles. The minimum atomic E-state index is -0.387. The quantitative estimate of drug-likeness (QED) is 0.188. The fourth-order valence-electron chi connectivity index (χ4n) is 5.13. The van der Waals surface area contributed by atoms with Gasteiger partial charge in [0.1, 0.15) is 17.2 Å². The second-order valence-electron chi connectivity index (χ2n) is 8.97. The lowest BCUT2D eigenvalue weighted by atomic mass is 9.96. The molecule has 0 aliphatic carbocycles. The Morgan fingerprint density at radius 3 is 2.45 bits per heavy atom. The van der Waals surface area contributed by atoms with Crippen molar-refractivity contribution in [3.63, 3.8) is 0 Å². The number of nitro benzene ring substituents is 1. The first-order valence-corrected chi connectivity index (χ1v) is 12.4. The SMILES string of the molecule is COc1cccc(N2C(=S)NC(c3ccccn3)C2c2cc(C)n(-c3ccc(OC)cc3[N+](=O)[O-])c2C)c1. The summed E-state index contributed by atoms with van der Waals surface area (Å²) < 4.78 is 12.6. The molecule has 38 heavy (non-hydrogen) atoms. The number of pyridine rings is 1. The summed E-state index contributed by atoms with van der Waals surface area (Å²) in [6, 6.07) is 19.9. The van der Waals surface area contributed by atoms with Crippen LogP contribution in [0.1, 0.15) is 34.7 Å². The Bertz CT molecular complexity index is 1520. The van der Waals surface area contributed by atoms with Crippen LogP contribution < -0.4 is 19.7 Å². The van der Waals surface area contributed by atoms with Crippen LogP contribution in [0, 0.1) is 24.0 Å². The van der Waals surface area contributed by atoms with Crippen LogP contribution in [0.25, 0.3) is 5.69 Å². The summed E-state index contributed by atoms with van der Waals surface area (Å²) in [7, 11) is 3.12. The minimum Gasteiger partial charge on any atom is -0.497 e. The van der Waals surface area contributed by atoms with Gasteiger partial charge in [0.05, 0.1) is 43.0 Å². The van der Waals surface area contributed by atoms with Gasteiger partial charge in [-0.2, -0.15) is 0 Å². The largest absolute Gasteiger partial charge is 0.497 e. The molecule has 1 fully saturated rings. The number of methoxy groups -OCH3 is 2. The highest BCUT2D eigenvalue weighted by Gasteiger charge is 2.42. The summed E-state index contributed by atoms with van der Waals surface area (Å²) in [5, 5.41) is 16.0. The monoisotopic (exact) mass is 529 g/mol. The number of thiocarbonyl (C=S) groups is 1. The van der Waals surface area contributed by atoms with Gasteiger partial charge in [-0.05, 0) is 74.1 Å². The molecule has 3 heterocycles. The highest BCUT2D eigenvalue weighted by Crippen LogP contribution is 2.44. The average molecular weight is 530 g/mol. The van der Waals surface area contributed by atoms with E-state index < -0.39 is 0 Å². The molecule has 1 N–H and O–H groups in total. The molecule has 1 aliphatic rings. The molecule has 2 aromatic carbocycles. The van der Waals surface area contributed by atoms with Crippen molar-refractivity contribution < 1.29 is 14.4 Å². The van der Waals surface area contributed by atoms with Crippen molar-refractivity contribution in [2.24, 2.45) is 0 Å². The highest BCUT2D eigenvalue weighted by atomic mass is 32.1. The van der Waals surface area contributed by atoms with Crippen molar-refractivity contribution in [3.05, 3.63) is 106 Å². The average Bonchev–Trinajstić information content (AvgIpc) is 3.43. The van der Waals surface area contributed by atoms with E-state index in [0.29, 0.717) is 22.3 Å². The van der Waals surface area contributed by atoms with Gasteiger partial charge in [-0.3, -0.25) is 15.1 Å². The van der Waals surface area contributed by atoms with Crippen LogP contribution in [0.3, 0.4) is 0 Å². The predicted octanol–water partition coefficient (Wildman–Crippen LogP) is 5.59. The van der Waals surface area contributed by atoms with E-state index in [0.717, 1.165) is 28.3 Å². The van der Waals surface area contributed by atoms with Crippen LogP contribution in [-0.4, -0.2) is 33.8 Å². The Morgan fingerprint density at radius 1 is 1.00 bits per heavy atom. The molecule has 1 saturated heterocycles. The second-order valence-corrected chi connectivity index (χ2v) is 9.36. The zero-order valence-corrected chi connectivity index (χ0v) is 22.2. The lowest BCUT2D eigenvalue weighted by molar-refractivity contribution is -0.384. The van der Waals surface area contributed by atoms with Crippen LogP contribution in [0.2, 0.25) is 0 Å². The van der Waals surface area contributed by atoms with E-state index in [1.165, 1.54) is 13.2 Å². The zero-order chi connectivity index (χ0) is 27.0. The van der Waals surface area contributed by atoms with Gasteiger partial charge < -0.3 is 24.3 Å². The van der Waals surface area contributed by atoms with Gasteiger partial charge in [-0.25, -0.2) is 0 Å². The van der Waals surface area contributed by atoms with Crippen LogP contribution in [0.4, 0.5) is 11.4 Å². The number of nitrogens with one attached hydrogen (secondary N) is 1. The molecule has 2 unspecified atom stereocenters. The standard InChI is InChI=1S/C28H27N5O4S/c1-17-14-22(18(2)31(17)24-12-11-21(37-4)16-25(24)33(34)35)27-26(23-10-5-6-13-29-23)30-28(38)32(27)19-8-7-9-20(15-19)36-3/h5-16,26-27H,1-4H3,(H,30,38). The van der Waals surface area contributed by atoms with Crippen molar-refractivity contribution in [2.75, 3.05) is 19.1 Å². The Morgan fingerprint density at radius 2 is 1.76 bits per heavy atom. The second kappa shape index (κ2) is 10.1. The van der Waals surface area contributed by atoms with Crippen LogP contribution in [0.15, 0.2) is 72.9 Å². The van der Waals surface area contributed by atoms with Crippen LogP contribution in [0.5, 0.6) is 11.5 Å². The summed E-state index contributed by atoms with van der Waals surface area (Å²) >= 11 is 5.85. The van der Waals surface area contributed by atoms with E-state index in [9.17, 15) is 10.1 Å². The molecule has 0 saturated carbocycles. The van der Waals surface area contributed by atoms with E-state index in [1.807, 2.05) is 60.9 Å². The Hall–Kier alpha value is -4.44. The minimum absolute atomic E-state index is 0.0382. The summed E-state index contributed by atoms with van der Waals surface area (Å²) in [6.07, 6.45) is 1.76. The van der Waals surface area contributed by atoms with Crippen molar-refractivity contribution >= 4 is 28.7 Å². The molecule has 194 valence electrons. The predicted molar refractivity (Wildman–Crippen MR) is 149 cm³/mol. The van der Waals surface area contributed by atoms with Crippen molar-refractivity contribution in [3.8, 4) is 17.2 Å². The molecule has 5 rings (SSSR count). The normalized spacial score (nSPS) is 16.8. The van der Waals surface area contributed by atoms with Gasteiger partial charge in [0, 0.05) is 29.3 Å². The third-order valence-electron chi connectivity index (χ3n) is 6.84. The third-order valence-corrected chi connectivity index (χ3v) is 7.15. The maximum atomic E-state index is 12.0. The van der Waals surface area contributed by atoms with Gasteiger partial charge in [0.15, 0.2) is 5.11 Å². The number of aromatic nitrogens is 2. The van der Waals surface area contributed by atoms with Crippen molar-refractivity contribution in [1.29, 1.82) is 0 Å². The van der Waals surface area contributed by atoms with Crippen LogP contribution >= 0.6 is 12.2 Å². The van der Waals surface area contributed by atoms with E-state index >= 15 is 0 Å². The fourth-order valence-corrected chi connectivity index (χ4v) is 5.48. The number of hydrogen-bond donors (Lipinski definition) is 1. The van der Waals surface area contributed by atoms with Gasteiger partial charge in [-0.1, -0.05) is 12.1 Å². The maximum absolute atomic E-state index is 12.0. The Balaban J connectivity index is 1.70. The number of ether oxygens (including phenoxy) is 2. The van der Waals surface area contributed by atoms with Crippen molar-refractivity contribution in [1.82, 2.24) is 14.9 Å². The molecule has 0 amide bonds. The smallest absolute Gasteiger partial charge is 0.296 e. The molecule has 0 radical (unpaired) electrons. The number of benzene rings is 2. The lowest BCUT2D eigenvalue weighted by Crippen LogP contribution is -2.29. The van der Waals surface area contributed by atoms with Gasteiger partial charge in [0.25, 0.3) is 5.69 Å². The number of nitrogens with zero attached hydrogens (tertiary/aromatic N) is 4. The molecular formula is C28H27N5O4S. The maximum Gasteiger partial charge on any atom is 0.296 e. The fraction of sp³-hybridized carbons (Fsp3) is 0.214. The molecule has 0 bridgehead atoms. The molecule has 2 aromatic heterocycles. The molecule has 0 spiro atoms. The van der Waals surface area contributed by atoms with E-state index in [4.69, 9.17) is 21.7 Å². The zero-order valence-electron chi connectivity index (χ0n) is 21.4. The summed E-state index contributed by atoms with van der Waals surface area (Å²) in [6.45, 7) is 3.91. The molecule has 4 aromatic rings. The van der Waals surface area contributed by atoms with E-state index in [1.54, 1.807) is 25.4 Å².